The molecule has 7 nitrogen and oxygen atoms in total. The van der Waals surface area contributed by atoms with Crippen molar-refractivity contribution in [2.24, 2.45) is 11.8 Å². The number of allylic oxidation sites excluding steroid dienone is 2. The van der Waals surface area contributed by atoms with Crippen LogP contribution >= 0.6 is 0 Å². The number of esters is 1. The number of benzene rings is 3. The summed E-state index contributed by atoms with van der Waals surface area (Å²) < 4.78 is 5.15. The molecular weight excluding hydrogens is 432 g/mol. The van der Waals surface area contributed by atoms with Crippen LogP contribution < -0.4 is 10.2 Å². The van der Waals surface area contributed by atoms with E-state index >= 15 is 0 Å². The van der Waals surface area contributed by atoms with E-state index < -0.39 is 18.5 Å². The third-order valence-electron chi connectivity index (χ3n) is 6.27. The highest BCUT2D eigenvalue weighted by Crippen LogP contribution is 2.37. The van der Waals surface area contributed by atoms with E-state index in [0.717, 1.165) is 10.8 Å². The van der Waals surface area contributed by atoms with Gasteiger partial charge in [-0.15, -0.1) is 0 Å². The van der Waals surface area contributed by atoms with Gasteiger partial charge in [-0.1, -0.05) is 48.6 Å². The Bertz CT molecular complexity index is 1300. The van der Waals surface area contributed by atoms with Gasteiger partial charge in [0, 0.05) is 11.1 Å². The number of nitrogens with zero attached hydrogens (tertiary/aromatic N) is 1. The molecule has 0 bridgehead atoms. The zero-order valence-corrected chi connectivity index (χ0v) is 18.3. The number of amides is 3. The second kappa shape index (κ2) is 8.94. The number of hydrogen-bond acceptors (Lipinski definition) is 5. The van der Waals surface area contributed by atoms with Gasteiger partial charge in [-0.3, -0.25) is 19.3 Å². The monoisotopic (exact) mass is 454 g/mol. The molecular formula is C27H22N2O5. The summed E-state index contributed by atoms with van der Waals surface area (Å²) in [6.45, 7) is -0.441. The highest BCUT2D eigenvalue weighted by molar-refractivity contribution is 6.22. The third-order valence-corrected chi connectivity index (χ3v) is 6.27. The minimum atomic E-state index is -0.670. The van der Waals surface area contributed by atoms with E-state index in [1.165, 1.54) is 17.0 Å². The number of carbonyl (C=O) groups is 4. The standard InChI is InChI=1S/C27H22N2O5/c30-24(28-23-11-5-7-17-6-1-2-8-20(17)23)16-34-27(33)18-12-14-19(15-13-18)29-25(31)21-9-3-4-10-22(21)26(29)32/h1-8,11-15,21-22H,9-10,16H2,(H,28,30)/t21-,22-/m1/s1. The van der Waals surface area contributed by atoms with Gasteiger partial charge in [-0.05, 0) is 48.6 Å². The van der Waals surface area contributed by atoms with Crippen LogP contribution in [0, 0.1) is 11.8 Å². The van der Waals surface area contributed by atoms with Crippen molar-refractivity contribution in [3.63, 3.8) is 0 Å². The van der Waals surface area contributed by atoms with E-state index in [1.807, 2.05) is 48.6 Å². The van der Waals surface area contributed by atoms with Gasteiger partial charge >= 0.3 is 5.97 Å². The van der Waals surface area contributed by atoms with Crippen molar-refractivity contribution in [1.29, 1.82) is 0 Å². The summed E-state index contributed by atoms with van der Waals surface area (Å²) >= 11 is 0. The number of anilines is 2. The van der Waals surface area contributed by atoms with E-state index in [0.29, 0.717) is 24.2 Å². The van der Waals surface area contributed by atoms with E-state index in [-0.39, 0.29) is 29.2 Å². The van der Waals surface area contributed by atoms with Gasteiger partial charge in [0.1, 0.15) is 0 Å². The predicted molar refractivity (Wildman–Crippen MR) is 127 cm³/mol. The first-order valence-electron chi connectivity index (χ1n) is 11.1. The molecule has 3 aromatic rings. The van der Waals surface area contributed by atoms with Crippen molar-refractivity contribution in [3.05, 3.63) is 84.4 Å². The molecule has 0 unspecified atom stereocenters. The molecule has 0 spiro atoms. The molecule has 170 valence electrons. The van der Waals surface area contributed by atoms with Crippen LogP contribution in [-0.2, 0) is 19.1 Å². The maximum absolute atomic E-state index is 12.7. The van der Waals surface area contributed by atoms with Crippen LogP contribution in [0.5, 0.6) is 0 Å². The Morgan fingerprint density at radius 1 is 0.853 bits per heavy atom. The Morgan fingerprint density at radius 3 is 2.21 bits per heavy atom. The molecule has 2 atom stereocenters. The molecule has 1 aliphatic heterocycles. The Hall–Kier alpha value is -4.26. The Morgan fingerprint density at radius 2 is 1.50 bits per heavy atom. The van der Waals surface area contributed by atoms with Crippen LogP contribution in [0.1, 0.15) is 23.2 Å². The Labute approximate surface area is 196 Å². The largest absolute Gasteiger partial charge is 0.452 e. The summed E-state index contributed by atoms with van der Waals surface area (Å²) in [6, 6.07) is 19.3. The van der Waals surface area contributed by atoms with E-state index in [9.17, 15) is 19.2 Å². The van der Waals surface area contributed by atoms with E-state index in [1.54, 1.807) is 18.2 Å². The summed E-state index contributed by atoms with van der Waals surface area (Å²) in [7, 11) is 0. The van der Waals surface area contributed by atoms with Crippen LogP contribution in [-0.4, -0.2) is 30.3 Å². The van der Waals surface area contributed by atoms with Gasteiger partial charge in [-0.25, -0.2) is 4.79 Å². The SMILES string of the molecule is O=C(COC(=O)c1ccc(N2C(=O)[C@@H]3CC=CC[C@H]3C2=O)cc1)Nc1cccc2ccccc12. The molecule has 0 saturated carbocycles. The molecule has 0 radical (unpaired) electrons. The number of nitrogens with one attached hydrogen (secondary N) is 1. The summed E-state index contributed by atoms with van der Waals surface area (Å²) in [5.41, 5.74) is 1.29. The number of ether oxygens (including phenoxy) is 1. The summed E-state index contributed by atoms with van der Waals surface area (Å²) in [4.78, 5) is 51.4. The Balaban J connectivity index is 1.21. The lowest BCUT2D eigenvalue weighted by Gasteiger charge is -2.15. The average molecular weight is 454 g/mol. The van der Waals surface area contributed by atoms with Gasteiger partial charge in [0.15, 0.2) is 6.61 Å². The van der Waals surface area contributed by atoms with Gasteiger partial charge in [0.2, 0.25) is 11.8 Å². The molecule has 1 heterocycles. The molecule has 1 aliphatic carbocycles. The first-order chi connectivity index (χ1) is 16.5. The molecule has 34 heavy (non-hydrogen) atoms. The molecule has 5 rings (SSSR count). The van der Waals surface area contributed by atoms with Crippen molar-refractivity contribution < 1.29 is 23.9 Å². The number of fused-ring (bicyclic) bond motifs is 2. The van der Waals surface area contributed by atoms with Gasteiger partial charge in [0.25, 0.3) is 5.91 Å². The maximum atomic E-state index is 12.7. The molecule has 7 heteroatoms. The predicted octanol–water partition coefficient (Wildman–Crippen LogP) is 4.09. The highest BCUT2D eigenvalue weighted by atomic mass is 16.5. The fraction of sp³-hybridized carbons (Fsp3) is 0.185. The van der Waals surface area contributed by atoms with Crippen LogP contribution in [0.25, 0.3) is 10.8 Å². The van der Waals surface area contributed by atoms with Gasteiger partial charge in [0.05, 0.1) is 23.1 Å². The highest BCUT2D eigenvalue weighted by Gasteiger charge is 2.47. The van der Waals surface area contributed by atoms with Crippen LogP contribution in [0.3, 0.4) is 0 Å². The minimum absolute atomic E-state index is 0.209. The molecule has 2 aliphatic rings. The van der Waals surface area contributed by atoms with Crippen LogP contribution in [0.4, 0.5) is 11.4 Å². The number of imide groups is 1. The normalized spacial score (nSPS) is 19.2. The maximum Gasteiger partial charge on any atom is 0.338 e. The molecule has 3 amide bonds. The zero-order chi connectivity index (χ0) is 23.7. The summed E-state index contributed by atoms with van der Waals surface area (Å²) in [5.74, 6) is -2.17. The van der Waals surface area contributed by atoms with Crippen molar-refractivity contribution in [3.8, 4) is 0 Å². The second-order valence-electron chi connectivity index (χ2n) is 8.37. The molecule has 0 aromatic heterocycles. The summed E-state index contributed by atoms with van der Waals surface area (Å²) in [5, 5.41) is 4.65. The third kappa shape index (κ3) is 3.96. The number of carbonyl (C=O) groups excluding carboxylic acids is 4. The summed E-state index contributed by atoms with van der Waals surface area (Å²) in [6.07, 6.45) is 5.00. The minimum Gasteiger partial charge on any atom is -0.452 e. The first kappa shape index (κ1) is 21.6. The zero-order valence-electron chi connectivity index (χ0n) is 18.3. The second-order valence-corrected chi connectivity index (χ2v) is 8.37. The van der Waals surface area contributed by atoms with Gasteiger partial charge < -0.3 is 10.1 Å². The van der Waals surface area contributed by atoms with Crippen molar-refractivity contribution in [1.82, 2.24) is 0 Å². The molecule has 3 aromatic carbocycles. The number of hydrogen-bond donors (Lipinski definition) is 1. The average Bonchev–Trinajstić information content (AvgIpc) is 3.13. The van der Waals surface area contributed by atoms with Crippen molar-refractivity contribution in [2.45, 2.75) is 12.8 Å². The fourth-order valence-corrected chi connectivity index (χ4v) is 4.54. The van der Waals surface area contributed by atoms with E-state index in [4.69, 9.17) is 4.74 Å². The topological polar surface area (TPSA) is 92.8 Å². The van der Waals surface area contributed by atoms with Crippen LogP contribution in [0.15, 0.2) is 78.9 Å². The lowest BCUT2D eigenvalue weighted by atomic mass is 9.85. The molecule has 1 N–H and O–H groups in total. The lowest BCUT2D eigenvalue weighted by Crippen LogP contribution is -2.30. The van der Waals surface area contributed by atoms with Crippen molar-refractivity contribution >= 4 is 45.8 Å². The molecule has 1 fully saturated rings. The number of rotatable bonds is 5. The fourth-order valence-electron chi connectivity index (χ4n) is 4.54. The lowest BCUT2D eigenvalue weighted by molar-refractivity contribution is -0.122. The smallest absolute Gasteiger partial charge is 0.338 e. The quantitative estimate of drug-likeness (QED) is 0.356. The Kier molecular flexibility index (Phi) is 5.67. The van der Waals surface area contributed by atoms with Crippen molar-refractivity contribution in [2.75, 3.05) is 16.8 Å². The van der Waals surface area contributed by atoms with E-state index in [2.05, 4.69) is 5.32 Å². The molecule has 1 saturated heterocycles. The van der Waals surface area contributed by atoms with Gasteiger partial charge in [-0.2, -0.15) is 0 Å². The van der Waals surface area contributed by atoms with Crippen LogP contribution in [0.2, 0.25) is 0 Å². The first-order valence-corrected chi connectivity index (χ1v) is 11.1.